The van der Waals surface area contributed by atoms with E-state index in [9.17, 15) is 9.59 Å². The van der Waals surface area contributed by atoms with Gasteiger partial charge in [0.2, 0.25) is 0 Å². The summed E-state index contributed by atoms with van der Waals surface area (Å²) in [5.74, 6) is 0.591. The first kappa shape index (κ1) is 16.0. The van der Waals surface area contributed by atoms with Crippen molar-refractivity contribution in [3.8, 4) is 0 Å². The van der Waals surface area contributed by atoms with Gasteiger partial charge < -0.3 is 14.3 Å². The SMILES string of the molecule is CC(=O)C(C)n1c(C(C)NC(=O)c2ccco2)nc2ccccc21. The quantitative estimate of drug-likeness (QED) is 0.781. The van der Waals surface area contributed by atoms with Gasteiger partial charge in [0.05, 0.1) is 29.4 Å². The van der Waals surface area contributed by atoms with Crippen molar-refractivity contribution in [3.63, 3.8) is 0 Å². The first-order valence-electron chi connectivity index (χ1n) is 7.80. The van der Waals surface area contributed by atoms with Gasteiger partial charge in [-0.25, -0.2) is 4.98 Å². The predicted molar refractivity (Wildman–Crippen MR) is 89.7 cm³/mol. The van der Waals surface area contributed by atoms with Gasteiger partial charge in [0.15, 0.2) is 11.5 Å². The van der Waals surface area contributed by atoms with Gasteiger partial charge in [0, 0.05) is 0 Å². The van der Waals surface area contributed by atoms with Crippen molar-refractivity contribution < 1.29 is 14.0 Å². The van der Waals surface area contributed by atoms with E-state index in [4.69, 9.17) is 4.42 Å². The van der Waals surface area contributed by atoms with Crippen LogP contribution in [0.1, 0.15) is 49.2 Å². The highest BCUT2D eigenvalue weighted by atomic mass is 16.3. The van der Waals surface area contributed by atoms with Gasteiger partial charge in [-0.15, -0.1) is 0 Å². The van der Waals surface area contributed by atoms with Gasteiger partial charge in [-0.3, -0.25) is 9.59 Å². The molecule has 2 aromatic heterocycles. The summed E-state index contributed by atoms with van der Waals surface area (Å²) in [6.07, 6.45) is 1.45. The van der Waals surface area contributed by atoms with Crippen molar-refractivity contribution in [2.24, 2.45) is 0 Å². The van der Waals surface area contributed by atoms with E-state index in [1.54, 1.807) is 19.1 Å². The second-order valence-electron chi connectivity index (χ2n) is 5.79. The number of rotatable bonds is 5. The van der Waals surface area contributed by atoms with Gasteiger partial charge in [-0.05, 0) is 45.0 Å². The van der Waals surface area contributed by atoms with E-state index in [-0.39, 0.29) is 29.5 Å². The van der Waals surface area contributed by atoms with E-state index < -0.39 is 0 Å². The number of aromatic nitrogens is 2. The fourth-order valence-corrected chi connectivity index (χ4v) is 2.70. The van der Waals surface area contributed by atoms with E-state index in [0.717, 1.165) is 11.0 Å². The number of para-hydroxylation sites is 2. The number of hydrogen-bond acceptors (Lipinski definition) is 4. The third-order valence-corrected chi connectivity index (χ3v) is 4.08. The van der Waals surface area contributed by atoms with E-state index >= 15 is 0 Å². The number of imidazole rings is 1. The van der Waals surface area contributed by atoms with Gasteiger partial charge in [-0.2, -0.15) is 0 Å². The maximum Gasteiger partial charge on any atom is 0.287 e. The number of nitrogens with one attached hydrogen (secondary N) is 1. The zero-order chi connectivity index (χ0) is 17.3. The Kier molecular flexibility index (Phi) is 4.20. The molecule has 1 N–H and O–H groups in total. The van der Waals surface area contributed by atoms with Crippen LogP contribution in [0.5, 0.6) is 0 Å². The molecular formula is C18H19N3O3. The molecule has 0 saturated carbocycles. The number of fused-ring (bicyclic) bond motifs is 1. The number of carbonyl (C=O) groups is 2. The second-order valence-corrected chi connectivity index (χ2v) is 5.79. The molecule has 0 aliphatic heterocycles. The molecule has 0 bridgehead atoms. The molecule has 1 amide bonds. The number of benzene rings is 1. The molecule has 0 radical (unpaired) electrons. The molecule has 0 spiro atoms. The summed E-state index contributed by atoms with van der Waals surface area (Å²) in [7, 11) is 0. The lowest BCUT2D eigenvalue weighted by Crippen LogP contribution is -2.29. The van der Waals surface area contributed by atoms with Crippen molar-refractivity contribution in [1.29, 1.82) is 0 Å². The molecule has 0 aliphatic carbocycles. The summed E-state index contributed by atoms with van der Waals surface area (Å²) in [4.78, 5) is 28.7. The lowest BCUT2D eigenvalue weighted by molar-refractivity contribution is -0.119. The van der Waals surface area contributed by atoms with E-state index in [1.165, 1.54) is 6.26 Å². The summed E-state index contributed by atoms with van der Waals surface area (Å²) in [6, 6.07) is 10.1. The molecular weight excluding hydrogens is 306 g/mol. The fraction of sp³-hybridized carbons (Fsp3) is 0.278. The summed E-state index contributed by atoms with van der Waals surface area (Å²) >= 11 is 0. The Balaban J connectivity index is 2.00. The Labute approximate surface area is 139 Å². The van der Waals surface area contributed by atoms with E-state index in [2.05, 4.69) is 10.3 Å². The summed E-state index contributed by atoms with van der Waals surface area (Å²) in [5.41, 5.74) is 1.66. The van der Waals surface area contributed by atoms with Crippen LogP contribution in [-0.4, -0.2) is 21.2 Å². The van der Waals surface area contributed by atoms with Gasteiger partial charge in [0.25, 0.3) is 5.91 Å². The average molecular weight is 325 g/mol. The number of Topliss-reactive ketones (excluding diaryl/α,β-unsaturated/α-hetero) is 1. The minimum atomic E-state index is -0.378. The third-order valence-electron chi connectivity index (χ3n) is 4.08. The fourth-order valence-electron chi connectivity index (χ4n) is 2.70. The van der Waals surface area contributed by atoms with Crippen molar-refractivity contribution >= 4 is 22.7 Å². The normalized spacial score (nSPS) is 13.6. The molecule has 3 rings (SSSR count). The van der Waals surface area contributed by atoms with Crippen LogP contribution in [0.15, 0.2) is 47.1 Å². The number of furan rings is 1. The Hall–Kier alpha value is -2.89. The van der Waals surface area contributed by atoms with Crippen LogP contribution in [0.25, 0.3) is 11.0 Å². The maximum atomic E-state index is 12.2. The first-order valence-corrected chi connectivity index (χ1v) is 7.80. The van der Waals surface area contributed by atoms with Crippen LogP contribution in [0.2, 0.25) is 0 Å². The number of nitrogens with zero attached hydrogens (tertiary/aromatic N) is 2. The number of ketones is 1. The van der Waals surface area contributed by atoms with Crippen LogP contribution in [0.3, 0.4) is 0 Å². The summed E-state index contributed by atoms with van der Waals surface area (Å²) < 4.78 is 6.99. The molecule has 124 valence electrons. The lowest BCUT2D eigenvalue weighted by Gasteiger charge is -2.19. The van der Waals surface area contributed by atoms with E-state index in [0.29, 0.717) is 5.82 Å². The van der Waals surface area contributed by atoms with Gasteiger partial charge in [0.1, 0.15) is 5.82 Å². The molecule has 3 aromatic rings. The molecule has 2 unspecified atom stereocenters. The van der Waals surface area contributed by atoms with Crippen molar-refractivity contribution in [3.05, 3.63) is 54.2 Å². The highest BCUT2D eigenvalue weighted by Gasteiger charge is 2.24. The van der Waals surface area contributed by atoms with Crippen LogP contribution in [0.4, 0.5) is 0 Å². The monoisotopic (exact) mass is 325 g/mol. The first-order chi connectivity index (χ1) is 11.5. The summed E-state index contributed by atoms with van der Waals surface area (Å²) in [6.45, 7) is 5.22. The molecule has 24 heavy (non-hydrogen) atoms. The van der Waals surface area contributed by atoms with Crippen molar-refractivity contribution in [2.45, 2.75) is 32.9 Å². The van der Waals surface area contributed by atoms with Crippen molar-refractivity contribution in [1.82, 2.24) is 14.9 Å². The van der Waals surface area contributed by atoms with Crippen LogP contribution >= 0.6 is 0 Å². The number of amides is 1. The van der Waals surface area contributed by atoms with E-state index in [1.807, 2.05) is 42.7 Å². The summed E-state index contributed by atoms with van der Waals surface area (Å²) in [5, 5.41) is 2.87. The lowest BCUT2D eigenvalue weighted by atomic mass is 10.2. The molecule has 6 nitrogen and oxygen atoms in total. The molecule has 0 saturated heterocycles. The Morgan fingerprint density at radius 3 is 2.58 bits per heavy atom. The van der Waals surface area contributed by atoms with Crippen LogP contribution in [-0.2, 0) is 4.79 Å². The van der Waals surface area contributed by atoms with Gasteiger partial charge >= 0.3 is 0 Å². The smallest absolute Gasteiger partial charge is 0.287 e. The number of carbonyl (C=O) groups excluding carboxylic acids is 2. The zero-order valence-corrected chi connectivity index (χ0v) is 13.8. The van der Waals surface area contributed by atoms with Gasteiger partial charge in [-0.1, -0.05) is 12.1 Å². The second kappa shape index (κ2) is 6.31. The Bertz CT molecular complexity index is 880. The Morgan fingerprint density at radius 2 is 1.92 bits per heavy atom. The molecule has 0 aliphatic rings. The minimum absolute atomic E-state index is 0.0314. The largest absolute Gasteiger partial charge is 0.459 e. The minimum Gasteiger partial charge on any atom is -0.459 e. The molecule has 0 fully saturated rings. The maximum absolute atomic E-state index is 12.2. The molecule has 2 heterocycles. The highest BCUT2D eigenvalue weighted by Crippen LogP contribution is 2.25. The predicted octanol–water partition coefficient (Wildman–Crippen LogP) is 3.27. The third kappa shape index (κ3) is 2.82. The molecule has 6 heteroatoms. The molecule has 2 atom stereocenters. The highest BCUT2D eigenvalue weighted by molar-refractivity contribution is 5.91. The average Bonchev–Trinajstić information content (AvgIpc) is 3.21. The number of hydrogen-bond donors (Lipinski definition) is 1. The van der Waals surface area contributed by atoms with Crippen molar-refractivity contribution in [2.75, 3.05) is 0 Å². The Morgan fingerprint density at radius 1 is 1.17 bits per heavy atom. The van der Waals surface area contributed by atoms with Crippen LogP contribution in [0, 0.1) is 0 Å². The zero-order valence-electron chi connectivity index (χ0n) is 13.8. The topological polar surface area (TPSA) is 77.1 Å². The molecule has 1 aromatic carbocycles. The van der Waals surface area contributed by atoms with Crippen LogP contribution < -0.4 is 5.32 Å². The standard InChI is InChI=1S/C18H19N3O3/c1-11(19-18(23)16-9-6-10-24-16)17-20-14-7-4-5-8-15(14)21(17)12(2)13(3)22/h4-12H,1-3H3,(H,19,23).